The monoisotopic (exact) mass is 326 g/mol. The van der Waals surface area contributed by atoms with Gasteiger partial charge in [0.1, 0.15) is 5.75 Å². The zero-order valence-electron chi connectivity index (χ0n) is 13.3. The second-order valence-corrected chi connectivity index (χ2v) is 5.74. The van der Waals surface area contributed by atoms with Crippen molar-refractivity contribution in [2.75, 3.05) is 13.7 Å². The minimum absolute atomic E-state index is 0.00259. The summed E-state index contributed by atoms with van der Waals surface area (Å²) in [5.41, 5.74) is 1.50. The van der Waals surface area contributed by atoms with E-state index in [-0.39, 0.29) is 17.6 Å². The van der Waals surface area contributed by atoms with Crippen molar-refractivity contribution in [2.24, 2.45) is 0 Å². The maximum absolute atomic E-state index is 12.8. The molecule has 124 valence electrons. The van der Waals surface area contributed by atoms with Gasteiger partial charge in [-0.3, -0.25) is 14.9 Å². The molecule has 0 aliphatic carbocycles. The zero-order valence-corrected chi connectivity index (χ0v) is 13.3. The Kier molecular flexibility index (Phi) is 4.46. The Balaban J connectivity index is 1.84. The van der Waals surface area contributed by atoms with Crippen LogP contribution in [-0.2, 0) is 0 Å². The van der Waals surface area contributed by atoms with Crippen molar-refractivity contribution in [3.05, 3.63) is 69.8 Å². The van der Waals surface area contributed by atoms with Crippen molar-refractivity contribution < 1.29 is 14.5 Å². The molecule has 0 aromatic heterocycles. The third-order valence-electron chi connectivity index (χ3n) is 4.32. The number of hydrogen-bond acceptors (Lipinski definition) is 4. The average Bonchev–Trinajstić information content (AvgIpc) is 3.11. The predicted octanol–water partition coefficient (Wildman–Crippen LogP) is 3.58. The molecule has 0 bridgehead atoms. The number of hydrogen-bond donors (Lipinski definition) is 0. The molecule has 1 amide bonds. The first kappa shape index (κ1) is 16.0. The minimum atomic E-state index is -0.469. The lowest BCUT2D eigenvalue weighted by Gasteiger charge is -2.25. The molecule has 1 fully saturated rings. The lowest BCUT2D eigenvalue weighted by molar-refractivity contribution is -0.384. The highest BCUT2D eigenvalue weighted by atomic mass is 16.6. The Morgan fingerprint density at radius 2 is 2.00 bits per heavy atom. The molecule has 1 aliphatic heterocycles. The van der Waals surface area contributed by atoms with Crippen LogP contribution in [0.3, 0.4) is 0 Å². The SMILES string of the molecule is COc1cccc(C2CCCN2C(=O)c2ccc([N+](=O)[O-])cc2)c1. The highest BCUT2D eigenvalue weighted by molar-refractivity contribution is 5.94. The molecule has 24 heavy (non-hydrogen) atoms. The second kappa shape index (κ2) is 6.70. The molecule has 3 rings (SSSR count). The van der Waals surface area contributed by atoms with Gasteiger partial charge in [0.05, 0.1) is 18.1 Å². The van der Waals surface area contributed by atoms with Crippen molar-refractivity contribution in [2.45, 2.75) is 18.9 Å². The van der Waals surface area contributed by atoms with Crippen molar-refractivity contribution in [3.8, 4) is 5.75 Å². The first-order valence-electron chi connectivity index (χ1n) is 7.79. The van der Waals surface area contributed by atoms with Crippen LogP contribution in [0.15, 0.2) is 48.5 Å². The number of nitro benzene ring substituents is 1. The summed E-state index contributed by atoms with van der Waals surface area (Å²) < 4.78 is 5.26. The van der Waals surface area contributed by atoms with Crippen LogP contribution in [-0.4, -0.2) is 29.4 Å². The van der Waals surface area contributed by atoms with E-state index in [1.165, 1.54) is 24.3 Å². The van der Waals surface area contributed by atoms with Crippen LogP contribution in [0.25, 0.3) is 0 Å². The van der Waals surface area contributed by atoms with Crippen molar-refractivity contribution in [1.82, 2.24) is 4.90 Å². The Labute approximate surface area is 139 Å². The van der Waals surface area contributed by atoms with E-state index in [0.29, 0.717) is 12.1 Å². The highest BCUT2D eigenvalue weighted by Crippen LogP contribution is 2.34. The van der Waals surface area contributed by atoms with Crippen molar-refractivity contribution in [3.63, 3.8) is 0 Å². The lowest BCUT2D eigenvalue weighted by Crippen LogP contribution is -2.30. The van der Waals surface area contributed by atoms with Gasteiger partial charge in [-0.05, 0) is 42.7 Å². The number of benzene rings is 2. The zero-order chi connectivity index (χ0) is 17.1. The Bertz CT molecular complexity index is 758. The third kappa shape index (κ3) is 3.08. The molecular formula is C18H18N2O4. The summed E-state index contributed by atoms with van der Waals surface area (Å²) >= 11 is 0. The first-order chi connectivity index (χ1) is 11.6. The lowest BCUT2D eigenvalue weighted by atomic mass is 10.0. The summed E-state index contributed by atoms with van der Waals surface area (Å²) in [6.07, 6.45) is 1.83. The fourth-order valence-electron chi connectivity index (χ4n) is 3.10. The van der Waals surface area contributed by atoms with Gasteiger partial charge in [-0.25, -0.2) is 0 Å². The van der Waals surface area contributed by atoms with Crippen LogP contribution in [0.5, 0.6) is 5.75 Å². The topological polar surface area (TPSA) is 72.7 Å². The number of likely N-dealkylation sites (tertiary alicyclic amines) is 1. The van der Waals surface area contributed by atoms with E-state index in [9.17, 15) is 14.9 Å². The maximum atomic E-state index is 12.8. The molecule has 1 aliphatic rings. The summed E-state index contributed by atoms with van der Waals surface area (Å²) in [5.74, 6) is 0.664. The van der Waals surface area contributed by atoms with Crippen LogP contribution < -0.4 is 4.74 Å². The predicted molar refractivity (Wildman–Crippen MR) is 89.1 cm³/mol. The Morgan fingerprint density at radius 1 is 1.25 bits per heavy atom. The van der Waals surface area contributed by atoms with Gasteiger partial charge in [-0.1, -0.05) is 12.1 Å². The first-order valence-corrected chi connectivity index (χ1v) is 7.79. The maximum Gasteiger partial charge on any atom is 0.269 e. The number of non-ortho nitro benzene ring substituents is 1. The molecular weight excluding hydrogens is 308 g/mol. The molecule has 0 N–H and O–H groups in total. The number of methoxy groups -OCH3 is 1. The normalized spacial score (nSPS) is 16.9. The summed E-state index contributed by atoms with van der Waals surface area (Å²) in [7, 11) is 1.62. The van der Waals surface area contributed by atoms with Gasteiger partial charge in [0.2, 0.25) is 0 Å². The second-order valence-electron chi connectivity index (χ2n) is 5.74. The number of carbonyl (C=O) groups is 1. The minimum Gasteiger partial charge on any atom is -0.497 e. The van der Waals surface area contributed by atoms with Gasteiger partial charge < -0.3 is 9.64 Å². The largest absolute Gasteiger partial charge is 0.497 e. The van der Waals surface area contributed by atoms with E-state index in [0.717, 1.165) is 24.2 Å². The van der Waals surface area contributed by atoms with Crippen molar-refractivity contribution in [1.29, 1.82) is 0 Å². The Hall–Kier alpha value is -2.89. The summed E-state index contributed by atoms with van der Waals surface area (Å²) in [4.78, 5) is 24.9. The summed E-state index contributed by atoms with van der Waals surface area (Å²) in [5, 5.41) is 10.7. The molecule has 0 saturated carbocycles. The van der Waals surface area contributed by atoms with E-state index in [2.05, 4.69) is 0 Å². The van der Waals surface area contributed by atoms with Crippen LogP contribution in [0, 0.1) is 10.1 Å². The summed E-state index contributed by atoms with van der Waals surface area (Å²) in [6.45, 7) is 0.678. The van der Waals surface area contributed by atoms with E-state index < -0.39 is 4.92 Å². The van der Waals surface area contributed by atoms with Crippen LogP contribution >= 0.6 is 0 Å². The van der Waals surface area contributed by atoms with Crippen LogP contribution in [0.4, 0.5) is 5.69 Å². The summed E-state index contributed by atoms with van der Waals surface area (Å²) in [6, 6.07) is 13.5. The highest BCUT2D eigenvalue weighted by Gasteiger charge is 2.30. The van der Waals surface area contributed by atoms with Gasteiger partial charge in [0.15, 0.2) is 0 Å². The molecule has 2 aromatic rings. The van der Waals surface area contributed by atoms with E-state index >= 15 is 0 Å². The van der Waals surface area contributed by atoms with Gasteiger partial charge in [0, 0.05) is 24.2 Å². The molecule has 1 saturated heterocycles. The van der Waals surface area contributed by atoms with Crippen LogP contribution in [0.1, 0.15) is 34.8 Å². The molecule has 6 nitrogen and oxygen atoms in total. The van der Waals surface area contributed by atoms with Gasteiger partial charge in [0.25, 0.3) is 11.6 Å². The number of ether oxygens (including phenoxy) is 1. The number of carbonyl (C=O) groups excluding carboxylic acids is 1. The van der Waals surface area contributed by atoms with E-state index in [1.807, 2.05) is 29.2 Å². The molecule has 6 heteroatoms. The molecule has 0 radical (unpaired) electrons. The van der Waals surface area contributed by atoms with Gasteiger partial charge >= 0.3 is 0 Å². The fraction of sp³-hybridized carbons (Fsp3) is 0.278. The number of nitro groups is 1. The Morgan fingerprint density at radius 3 is 2.67 bits per heavy atom. The fourth-order valence-corrected chi connectivity index (χ4v) is 3.10. The third-order valence-corrected chi connectivity index (χ3v) is 4.32. The number of rotatable bonds is 4. The van der Waals surface area contributed by atoms with Crippen molar-refractivity contribution >= 4 is 11.6 Å². The smallest absolute Gasteiger partial charge is 0.269 e. The van der Waals surface area contributed by atoms with Crippen LogP contribution in [0.2, 0.25) is 0 Å². The molecule has 0 spiro atoms. The molecule has 1 atom stereocenters. The molecule has 1 heterocycles. The number of amides is 1. The molecule has 2 aromatic carbocycles. The number of nitrogens with zero attached hydrogens (tertiary/aromatic N) is 2. The van der Waals surface area contributed by atoms with E-state index in [4.69, 9.17) is 4.74 Å². The van der Waals surface area contributed by atoms with E-state index in [1.54, 1.807) is 7.11 Å². The average molecular weight is 326 g/mol. The molecule has 1 unspecified atom stereocenters. The van der Waals surface area contributed by atoms with Gasteiger partial charge in [-0.2, -0.15) is 0 Å². The standard InChI is InChI=1S/C18H18N2O4/c1-24-16-5-2-4-14(12-16)17-6-3-11-19(17)18(21)13-7-9-15(10-8-13)20(22)23/h2,4-5,7-10,12,17H,3,6,11H2,1H3. The quantitative estimate of drug-likeness (QED) is 0.636. The van der Waals surface area contributed by atoms with Gasteiger partial charge in [-0.15, -0.1) is 0 Å².